The first kappa shape index (κ1) is 9.45. The number of nitrogens with one attached hydrogen (secondary N) is 1. The zero-order chi connectivity index (χ0) is 9.35. The van der Waals surface area contributed by atoms with E-state index in [9.17, 15) is 4.79 Å². The van der Waals surface area contributed by atoms with Crippen LogP contribution in [0.1, 0.15) is 19.8 Å². The molecule has 68 valence electrons. The Balaban J connectivity index is 2.76. The largest absolute Gasteiger partial charge is 0.392 e. The number of carbonyl (C=O) groups excluding carboxylic acids is 1. The van der Waals surface area contributed by atoms with Crippen LogP contribution in [-0.2, 0) is 4.79 Å². The van der Waals surface area contributed by atoms with Crippen LogP contribution < -0.4 is 11.1 Å². The number of nitrogens with two attached hydrogens (primary N) is 1. The van der Waals surface area contributed by atoms with Gasteiger partial charge in [0.1, 0.15) is 0 Å². The summed E-state index contributed by atoms with van der Waals surface area (Å²) < 4.78 is 0. The third kappa shape index (κ3) is 1.20. The van der Waals surface area contributed by atoms with Crippen LogP contribution in [0.4, 0.5) is 0 Å². The fourth-order valence-electron chi connectivity index (χ4n) is 1.87. The van der Waals surface area contributed by atoms with Crippen molar-refractivity contribution in [3.05, 3.63) is 0 Å². The van der Waals surface area contributed by atoms with Gasteiger partial charge in [0.2, 0.25) is 5.91 Å². The highest BCUT2D eigenvalue weighted by Gasteiger charge is 2.50. The molecule has 0 atom stereocenters. The summed E-state index contributed by atoms with van der Waals surface area (Å²) in [5.41, 5.74) is 5.00. The number of thiocarbonyl (C=S) groups is 1. The van der Waals surface area contributed by atoms with Crippen LogP contribution in [0.3, 0.4) is 0 Å². The van der Waals surface area contributed by atoms with Crippen LogP contribution in [0, 0.1) is 11.3 Å². The van der Waals surface area contributed by atoms with Gasteiger partial charge in [-0.05, 0) is 18.8 Å². The molecule has 4 heteroatoms. The van der Waals surface area contributed by atoms with Crippen molar-refractivity contribution in [3.8, 4) is 0 Å². The maximum absolute atomic E-state index is 11.4. The molecule has 0 heterocycles. The molecule has 0 aliphatic heterocycles. The molecule has 0 saturated heterocycles. The first-order chi connectivity index (χ1) is 5.53. The molecule has 1 saturated carbocycles. The number of hydrogen-bond donors (Lipinski definition) is 2. The van der Waals surface area contributed by atoms with Gasteiger partial charge in [-0.2, -0.15) is 0 Å². The molecule has 1 fully saturated rings. The minimum atomic E-state index is -0.538. The topological polar surface area (TPSA) is 55.1 Å². The van der Waals surface area contributed by atoms with Crippen molar-refractivity contribution in [2.75, 3.05) is 7.05 Å². The first-order valence-electron chi connectivity index (χ1n) is 4.05. The van der Waals surface area contributed by atoms with E-state index in [1.54, 1.807) is 7.05 Å². The number of carbonyl (C=O) groups is 1. The highest BCUT2D eigenvalue weighted by atomic mass is 32.1. The van der Waals surface area contributed by atoms with E-state index in [2.05, 4.69) is 12.2 Å². The minimum Gasteiger partial charge on any atom is -0.392 e. The molecule has 0 radical (unpaired) electrons. The van der Waals surface area contributed by atoms with E-state index in [1.807, 2.05) is 0 Å². The Morgan fingerprint density at radius 1 is 1.67 bits per heavy atom. The van der Waals surface area contributed by atoms with Gasteiger partial charge in [-0.1, -0.05) is 19.1 Å². The lowest BCUT2D eigenvalue weighted by molar-refractivity contribution is -0.132. The fraction of sp³-hybridized carbons (Fsp3) is 0.750. The van der Waals surface area contributed by atoms with Crippen LogP contribution >= 0.6 is 12.2 Å². The van der Waals surface area contributed by atoms with Gasteiger partial charge in [-0.25, -0.2) is 0 Å². The molecule has 0 aromatic rings. The lowest BCUT2D eigenvalue weighted by Crippen LogP contribution is -2.55. The molecule has 0 aromatic carbocycles. The fourth-order valence-corrected chi connectivity index (χ4v) is 2.13. The summed E-state index contributed by atoms with van der Waals surface area (Å²) in [4.78, 5) is 11.8. The molecular weight excluding hydrogens is 172 g/mol. The molecule has 3 nitrogen and oxygen atoms in total. The Morgan fingerprint density at radius 2 is 2.17 bits per heavy atom. The van der Waals surface area contributed by atoms with Gasteiger partial charge in [-0.3, -0.25) is 4.79 Å². The molecule has 0 spiro atoms. The molecule has 0 unspecified atom stereocenters. The van der Waals surface area contributed by atoms with Crippen molar-refractivity contribution >= 4 is 23.1 Å². The number of rotatable bonds is 2. The minimum absolute atomic E-state index is 0.0342. The quantitative estimate of drug-likeness (QED) is 0.615. The van der Waals surface area contributed by atoms with E-state index in [1.165, 1.54) is 0 Å². The molecular formula is C8H14N2OS. The summed E-state index contributed by atoms with van der Waals surface area (Å²) in [7, 11) is 1.62. The summed E-state index contributed by atoms with van der Waals surface area (Å²) in [5, 5.41) is 2.60. The second-order valence-electron chi connectivity index (χ2n) is 3.54. The molecule has 3 N–H and O–H groups in total. The van der Waals surface area contributed by atoms with Crippen LogP contribution in [0.25, 0.3) is 0 Å². The van der Waals surface area contributed by atoms with Crippen LogP contribution in [0.5, 0.6) is 0 Å². The molecule has 1 amide bonds. The highest BCUT2D eigenvalue weighted by Crippen LogP contribution is 2.45. The normalized spacial score (nSPS) is 33.7. The highest BCUT2D eigenvalue weighted by molar-refractivity contribution is 7.80. The average molecular weight is 186 g/mol. The van der Waals surface area contributed by atoms with Gasteiger partial charge >= 0.3 is 0 Å². The molecule has 0 aromatic heterocycles. The third-order valence-electron chi connectivity index (χ3n) is 2.53. The van der Waals surface area contributed by atoms with Crippen molar-refractivity contribution < 1.29 is 4.79 Å². The second kappa shape index (κ2) is 3.01. The monoisotopic (exact) mass is 186 g/mol. The average Bonchev–Trinajstić information content (AvgIpc) is 1.96. The standard InChI is InChI=1S/C8H14N2OS/c1-5-3-8(4-5,6(9)12)7(11)10-2/h5H,3-4H2,1-2H3,(H2,9,12)(H,10,11). The van der Waals surface area contributed by atoms with Crippen molar-refractivity contribution in [2.45, 2.75) is 19.8 Å². The smallest absolute Gasteiger partial charge is 0.232 e. The van der Waals surface area contributed by atoms with E-state index in [4.69, 9.17) is 18.0 Å². The van der Waals surface area contributed by atoms with Gasteiger partial charge in [0, 0.05) is 7.05 Å². The lowest BCUT2D eigenvalue weighted by Gasteiger charge is -2.43. The summed E-state index contributed by atoms with van der Waals surface area (Å²) in [6.45, 7) is 2.10. The summed E-state index contributed by atoms with van der Waals surface area (Å²) in [6.07, 6.45) is 1.59. The molecule has 1 aliphatic rings. The van der Waals surface area contributed by atoms with Gasteiger partial charge in [0.25, 0.3) is 0 Å². The number of hydrogen-bond acceptors (Lipinski definition) is 2. The Labute approximate surface area is 77.7 Å². The van der Waals surface area contributed by atoms with E-state index in [-0.39, 0.29) is 5.91 Å². The Hall–Kier alpha value is -0.640. The summed E-state index contributed by atoms with van der Waals surface area (Å²) in [6, 6.07) is 0. The van der Waals surface area contributed by atoms with Crippen molar-refractivity contribution in [1.29, 1.82) is 0 Å². The molecule has 1 rings (SSSR count). The molecule has 0 bridgehead atoms. The predicted molar refractivity (Wildman–Crippen MR) is 51.7 cm³/mol. The van der Waals surface area contributed by atoms with Crippen molar-refractivity contribution in [1.82, 2.24) is 5.32 Å². The number of amides is 1. The van der Waals surface area contributed by atoms with Crippen LogP contribution in [0.15, 0.2) is 0 Å². The summed E-state index contributed by atoms with van der Waals surface area (Å²) >= 11 is 4.89. The van der Waals surface area contributed by atoms with Crippen molar-refractivity contribution in [3.63, 3.8) is 0 Å². The Kier molecular flexibility index (Phi) is 2.37. The Bertz CT molecular complexity index is 221. The predicted octanol–water partition coefficient (Wildman–Crippen LogP) is 0.435. The second-order valence-corrected chi connectivity index (χ2v) is 3.98. The van der Waals surface area contributed by atoms with Gasteiger partial charge in [-0.15, -0.1) is 0 Å². The van der Waals surface area contributed by atoms with Crippen LogP contribution in [0.2, 0.25) is 0 Å². The van der Waals surface area contributed by atoms with E-state index < -0.39 is 5.41 Å². The third-order valence-corrected chi connectivity index (χ3v) is 2.92. The van der Waals surface area contributed by atoms with E-state index in [0.29, 0.717) is 10.9 Å². The molecule has 12 heavy (non-hydrogen) atoms. The Morgan fingerprint density at radius 3 is 2.42 bits per heavy atom. The van der Waals surface area contributed by atoms with E-state index >= 15 is 0 Å². The van der Waals surface area contributed by atoms with Gasteiger partial charge in [0.05, 0.1) is 10.4 Å². The van der Waals surface area contributed by atoms with E-state index in [0.717, 1.165) is 12.8 Å². The zero-order valence-electron chi connectivity index (χ0n) is 7.39. The van der Waals surface area contributed by atoms with Crippen LogP contribution in [-0.4, -0.2) is 17.9 Å². The first-order valence-corrected chi connectivity index (χ1v) is 4.46. The maximum Gasteiger partial charge on any atom is 0.232 e. The zero-order valence-corrected chi connectivity index (χ0v) is 8.20. The van der Waals surface area contributed by atoms with Crippen molar-refractivity contribution in [2.24, 2.45) is 17.1 Å². The lowest BCUT2D eigenvalue weighted by atomic mass is 9.62. The van der Waals surface area contributed by atoms with Gasteiger partial charge < -0.3 is 11.1 Å². The SMILES string of the molecule is CNC(=O)C1(C(N)=S)CC(C)C1. The summed E-state index contributed by atoms with van der Waals surface area (Å²) in [5.74, 6) is 0.525. The molecule has 1 aliphatic carbocycles. The van der Waals surface area contributed by atoms with Gasteiger partial charge in [0.15, 0.2) is 0 Å². The maximum atomic E-state index is 11.4.